The molecule has 1 atom stereocenters. The molecule has 3 N–H and O–H groups in total. The van der Waals surface area contributed by atoms with Gasteiger partial charge in [0.1, 0.15) is 5.75 Å². The number of aliphatic hydroxyl groups is 1. The molecule has 0 bridgehead atoms. The zero-order valence-electron chi connectivity index (χ0n) is 15.2. The van der Waals surface area contributed by atoms with E-state index < -0.39 is 33.9 Å². The monoisotopic (exact) mass is 405 g/mol. The van der Waals surface area contributed by atoms with Crippen molar-refractivity contribution in [2.75, 3.05) is 20.8 Å². The summed E-state index contributed by atoms with van der Waals surface area (Å²) in [5.41, 5.74) is -0.557. The smallest absolute Gasteiger partial charge is 0.326 e. The van der Waals surface area contributed by atoms with Gasteiger partial charge in [0.2, 0.25) is 10.0 Å². The van der Waals surface area contributed by atoms with E-state index in [0.717, 1.165) is 4.31 Å². The highest BCUT2D eigenvalue weighted by Gasteiger charge is 2.29. The molecular formula is C18H19N3O6S. The molecule has 9 nitrogen and oxygen atoms in total. The van der Waals surface area contributed by atoms with E-state index >= 15 is 0 Å². The van der Waals surface area contributed by atoms with Crippen molar-refractivity contribution in [1.29, 1.82) is 0 Å². The quantitative estimate of drug-likeness (QED) is 0.549. The van der Waals surface area contributed by atoms with Crippen molar-refractivity contribution in [3.05, 3.63) is 68.9 Å². The molecule has 28 heavy (non-hydrogen) atoms. The Balaban J connectivity index is 2.03. The number of aromatic nitrogens is 2. The molecule has 0 spiro atoms. The molecule has 0 aliphatic heterocycles. The van der Waals surface area contributed by atoms with Gasteiger partial charge in [-0.3, -0.25) is 9.78 Å². The molecule has 3 aromatic rings. The van der Waals surface area contributed by atoms with Gasteiger partial charge in [0.15, 0.2) is 0 Å². The number of ether oxygens (including phenoxy) is 1. The fourth-order valence-electron chi connectivity index (χ4n) is 2.89. The molecule has 0 aliphatic carbocycles. The average Bonchev–Trinajstić information content (AvgIpc) is 2.68. The molecule has 0 aliphatic rings. The number of likely N-dealkylation sites (N-methyl/N-ethyl adjacent to an activating group) is 1. The van der Waals surface area contributed by atoms with E-state index in [-0.39, 0.29) is 15.8 Å². The first kappa shape index (κ1) is 19.8. The van der Waals surface area contributed by atoms with Gasteiger partial charge < -0.3 is 14.8 Å². The normalized spacial score (nSPS) is 13.0. The number of H-pyrrole nitrogens is 2. The van der Waals surface area contributed by atoms with Gasteiger partial charge in [-0.25, -0.2) is 13.2 Å². The molecule has 0 saturated carbocycles. The maximum Gasteiger partial charge on any atom is 0.326 e. The van der Waals surface area contributed by atoms with E-state index in [2.05, 4.69) is 9.97 Å². The number of hydrogen-bond acceptors (Lipinski definition) is 6. The molecule has 0 fully saturated rings. The minimum atomic E-state index is -4.04. The summed E-state index contributed by atoms with van der Waals surface area (Å²) in [6.45, 7) is -0.441. The third kappa shape index (κ3) is 3.57. The van der Waals surface area contributed by atoms with Gasteiger partial charge >= 0.3 is 5.69 Å². The molecule has 1 unspecified atom stereocenters. The van der Waals surface area contributed by atoms with Gasteiger partial charge in [0.05, 0.1) is 35.6 Å². The fraction of sp³-hybridized carbons (Fsp3) is 0.222. The van der Waals surface area contributed by atoms with E-state index in [4.69, 9.17) is 4.74 Å². The zero-order valence-corrected chi connectivity index (χ0v) is 16.0. The zero-order chi connectivity index (χ0) is 20.5. The Bertz CT molecular complexity index is 1210. The largest absolute Gasteiger partial charge is 0.497 e. The van der Waals surface area contributed by atoms with Crippen molar-refractivity contribution in [2.45, 2.75) is 10.9 Å². The molecule has 10 heteroatoms. The number of hydrogen-bond donors (Lipinski definition) is 3. The molecule has 0 amide bonds. The van der Waals surface area contributed by atoms with Crippen molar-refractivity contribution in [1.82, 2.24) is 14.3 Å². The lowest BCUT2D eigenvalue weighted by molar-refractivity contribution is 0.204. The van der Waals surface area contributed by atoms with Crippen LogP contribution in [0.1, 0.15) is 11.6 Å². The summed E-state index contributed by atoms with van der Waals surface area (Å²) in [6.07, 6.45) is 0. The summed E-state index contributed by atoms with van der Waals surface area (Å²) < 4.78 is 32.2. The van der Waals surface area contributed by atoms with E-state index in [1.807, 2.05) is 0 Å². The second-order valence-electron chi connectivity index (χ2n) is 6.11. The molecule has 2 aromatic carbocycles. The number of aromatic amines is 2. The van der Waals surface area contributed by atoms with Crippen LogP contribution in [0.5, 0.6) is 5.75 Å². The third-order valence-electron chi connectivity index (χ3n) is 4.50. The maximum atomic E-state index is 13.1. The van der Waals surface area contributed by atoms with Crippen molar-refractivity contribution in [2.24, 2.45) is 0 Å². The first-order valence-electron chi connectivity index (χ1n) is 8.27. The Morgan fingerprint density at radius 2 is 1.79 bits per heavy atom. The highest BCUT2D eigenvalue weighted by molar-refractivity contribution is 7.89. The predicted octanol–water partition coefficient (Wildman–Crippen LogP) is 0.579. The number of nitrogens with one attached hydrogen (secondary N) is 2. The lowest BCUT2D eigenvalue weighted by Gasteiger charge is -2.26. The summed E-state index contributed by atoms with van der Waals surface area (Å²) in [4.78, 5) is 27.7. The Labute approximate surface area is 160 Å². The Kier molecular flexibility index (Phi) is 5.36. The van der Waals surface area contributed by atoms with Gasteiger partial charge in [-0.15, -0.1) is 0 Å². The Morgan fingerprint density at radius 1 is 1.11 bits per heavy atom. The minimum absolute atomic E-state index is 0.0408. The lowest BCUT2D eigenvalue weighted by Crippen LogP contribution is -2.33. The molecule has 148 valence electrons. The molecule has 1 heterocycles. The summed E-state index contributed by atoms with van der Waals surface area (Å²) in [7, 11) is -1.17. The van der Waals surface area contributed by atoms with Crippen LogP contribution in [0.2, 0.25) is 0 Å². The van der Waals surface area contributed by atoms with Gasteiger partial charge in [-0.05, 0) is 35.9 Å². The van der Waals surface area contributed by atoms with Crippen LogP contribution in [0.15, 0.2) is 56.9 Å². The van der Waals surface area contributed by atoms with Crippen molar-refractivity contribution < 1.29 is 18.3 Å². The third-order valence-corrected chi connectivity index (χ3v) is 6.36. The Morgan fingerprint density at radius 3 is 2.39 bits per heavy atom. The van der Waals surface area contributed by atoms with E-state index in [9.17, 15) is 23.1 Å². The van der Waals surface area contributed by atoms with Crippen molar-refractivity contribution in [3.63, 3.8) is 0 Å². The molecular weight excluding hydrogens is 386 g/mol. The first-order valence-corrected chi connectivity index (χ1v) is 9.71. The number of sulfonamides is 1. The number of methoxy groups -OCH3 is 1. The summed E-state index contributed by atoms with van der Waals surface area (Å²) >= 11 is 0. The number of nitrogens with zero attached hydrogens (tertiary/aromatic N) is 1. The Hall–Kier alpha value is -2.95. The van der Waals surface area contributed by atoms with E-state index in [1.54, 1.807) is 24.3 Å². The van der Waals surface area contributed by atoms with E-state index in [0.29, 0.717) is 11.3 Å². The maximum absolute atomic E-state index is 13.1. The van der Waals surface area contributed by atoms with Crippen LogP contribution in [0.25, 0.3) is 10.9 Å². The topological polar surface area (TPSA) is 133 Å². The molecule has 0 saturated heterocycles. The van der Waals surface area contributed by atoms with E-state index in [1.165, 1.54) is 32.4 Å². The van der Waals surface area contributed by atoms with Crippen molar-refractivity contribution in [3.8, 4) is 5.75 Å². The SMILES string of the molecule is COc1ccc(C(CO)N(C)S(=O)(=O)c2ccc3[nH]c(=O)[nH]c(=O)c3c2)cc1. The lowest BCUT2D eigenvalue weighted by atomic mass is 10.1. The fourth-order valence-corrected chi connectivity index (χ4v) is 4.26. The predicted molar refractivity (Wildman–Crippen MR) is 103 cm³/mol. The number of rotatable bonds is 6. The van der Waals surface area contributed by atoms with Crippen LogP contribution in [-0.4, -0.2) is 48.6 Å². The van der Waals surface area contributed by atoms with Gasteiger partial charge in [0.25, 0.3) is 5.56 Å². The second-order valence-corrected chi connectivity index (χ2v) is 8.11. The number of aliphatic hydroxyl groups excluding tert-OH is 1. The first-order chi connectivity index (χ1) is 13.3. The van der Waals surface area contributed by atoms with Crippen molar-refractivity contribution >= 4 is 20.9 Å². The highest BCUT2D eigenvalue weighted by atomic mass is 32.2. The number of fused-ring (bicyclic) bond motifs is 1. The molecule has 0 radical (unpaired) electrons. The highest BCUT2D eigenvalue weighted by Crippen LogP contribution is 2.27. The standard InChI is InChI=1S/C18H19N3O6S/c1-21(16(10-22)11-3-5-12(27-2)6-4-11)28(25,26)13-7-8-15-14(9-13)17(23)20-18(24)19-15/h3-9,16,22H,10H2,1-2H3,(H2,19,20,23,24). The van der Waals surface area contributed by atoms with Gasteiger partial charge in [-0.1, -0.05) is 12.1 Å². The van der Waals surface area contributed by atoms with Crippen LogP contribution in [0, 0.1) is 0 Å². The van der Waals surface area contributed by atoms with Crippen LogP contribution >= 0.6 is 0 Å². The van der Waals surface area contributed by atoms with Gasteiger partial charge in [0, 0.05) is 7.05 Å². The summed E-state index contributed by atoms with van der Waals surface area (Å²) in [5.74, 6) is 0.605. The molecule has 3 rings (SSSR count). The summed E-state index contributed by atoms with van der Waals surface area (Å²) in [5, 5.41) is 9.84. The van der Waals surface area contributed by atoms with Crippen LogP contribution in [-0.2, 0) is 10.0 Å². The second kappa shape index (κ2) is 7.58. The summed E-state index contributed by atoms with van der Waals surface area (Å²) in [6, 6.07) is 9.69. The number of benzene rings is 2. The van der Waals surface area contributed by atoms with Gasteiger partial charge in [-0.2, -0.15) is 4.31 Å². The van der Waals surface area contributed by atoms with Crippen LogP contribution in [0.3, 0.4) is 0 Å². The van der Waals surface area contributed by atoms with Crippen LogP contribution < -0.4 is 16.0 Å². The minimum Gasteiger partial charge on any atom is -0.497 e. The van der Waals surface area contributed by atoms with Crippen LogP contribution in [0.4, 0.5) is 0 Å². The average molecular weight is 405 g/mol. The molecule has 1 aromatic heterocycles.